The van der Waals surface area contributed by atoms with Crippen LogP contribution < -0.4 is 5.32 Å². The lowest BCUT2D eigenvalue weighted by atomic mass is 10.3. The molecule has 0 radical (unpaired) electrons. The van der Waals surface area contributed by atoms with E-state index >= 15 is 0 Å². The first kappa shape index (κ1) is 11.2. The monoisotopic (exact) mass is 239 g/mol. The predicted molar refractivity (Wildman–Crippen MR) is 63.0 cm³/mol. The van der Waals surface area contributed by atoms with E-state index < -0.39 is 5.97 Å². The summed E-state index contributed by atoms with van der Waals surface area (Å²) in [4.78, 5) is 10.9. The Hall–Kier alpha value is -1.30. The van der Waals surface area contributed by atoms with Crippen molar-refractivity contribution in [3.63, 3.8) is 0 Å². The molecule has 0 bridgehead atoms. The third kappa shape index (κ3) is 2.27. The summed E-state index contributed by atoms with van der Waals surface area (Å²) >= 11 is 1.81. The van der Waals surface area contributed by atoms with Gasteiger partial charge in [-0.25, -0.2) is 4.79 Å². The number of aromatic nitrogens is 2. The molecule has 1 heterocycles. The van der Waals surface area contributed by atoms with Crippen molar-refractivity contribution in [2.45, 2.75) is 17.6 Å². The van der Waals surface area contributed by atoms with Gasteiger partial charge in [0.15, 0.2) is 5.82 Å². The van der Waals surface area contributed by atoms with E-state index in [0.717, 1.165) is 6.54 Å². The smallest absolute Gasteiger partial charge is 0.339 e. The standard InChI is InChI=1S/C10H13N3O2S/c1-16-10(3-4-10)6-11-8-7(9(14)15)2-5-12-13-8/h2,5H,3-4,6H2,1H3,(H,11,13)(H,14,15). The summed E-state index contributed by atoms with van der Waals surface area (Å²) in [7, 11) is 0. The number of carbonyl (C=O) groups is 1. The zero-order valence-electron chi connectivity index (χ0n) is 8.93. The molecule has 0 saturated heterocycles. The molecule has 1 aliphatic rings. The number of anilines is 1. The molecule has 1 aromatic heterocycles. The second-order valence-corrected chi connectivity index (χ2v) is 5.11. The normalized spacial score (nSPS) is 16.8. The fourth-order valence-corrected chi connectivity index (χ4v) is 2.20. The minimum Gasteiger partial charge on any atom is -0.478 e. The number of rotatable bonds is 5. The lowest BCUT2D eigenvalue weighted by molar-refractivity contribution is 0.0697. The van der Waals surface area contributed by atoms with E-state index in [9.17, 15) is 4.79 Å². The first-order valence-electron chi connectivity index (χ1n) is 5.01. The topological polar surface area (TPSA) is 75.1 Å². The number of carboxylic acid groups (broad SMARTS) is 1. The quantitative estimate of drug-likeness (QED) is 0.810. The molecule has 2 N–H and O–H groups in total. The van der Waals surface area contributed by atoms with E-state index in [1.54, 1.807) is 0 Å². The van der Waals surface area contributed by atoms with Crippen molar-refractivity contribution < 1.29 is 9.90 Å². The van der Waals surface area contributed by atoms with Crippen LogP contribution in [0.2, 0.25) is 0 Å². The Morgan fingerprint density at radius 2 is 2.44 bits per heavy atom. The number of nitrogens with zero attached hydrogens (tertiary/aromatic N) is 2. The molecule has 5 nitrogen and oxygen atoms in total. The molecule has 0 aromatic carbocycles. The Morgan fingerprint density at radius 1 is 1.69 bits per heavy atom. The van der Waals surface area contributed by atoms with Crippen molar-refractivity contribution in [2.24, 2.45) is 0 Å². The molecule has 1 aromatic rings. The highest BCUT2D eigenvalue weighted by Crippen LogP contribution is 2.46. The van der Waals surface area contributed by atoms with Gasteiger partial charge in [-0.05, 0) is 25.2 Å². The molecule has 1 saturated carbocycles. The second-order valence-electron chi connectivity index (χ2n) is 3.84. The van der Waals surface area contributed by atoms with Crippen LogP contribution in [0.5, 0.6) is 0 Å². The van der Waals surface area contributed by atoms with Crippen molar-refractivity contribution in [1.29, 1.82) is 0 Å². The Kier molecular flexibility index (Phi) is 3.00. The first-order chi connectivity index (χ1) is 7.67. The van der Waals surface area contributed by atoms with Gasteiger partial charge in [0, 0.05) is 11.3 Å². The van der Waals surface area contributed by atoms with Gasteiger partial charge in [-0.3, -0.25) is 0 Å². The summed E-state index contributed by atoms with van der Waals surface area (Å²) in [6.07, 6.45) is 5.80. The maximum absolute atomic E-state index is 10.9. The summed E-state index contributed by atoms with van der Waals surface area (Å²) < 4.78 is 0.271. The minimum atomic E-state index is -0.980. The molecule has 86 valence electrons. The molecule has 0 aliphatic heterocycles. The summed E-state index contributed by atoms with van der Waals surface area (Å²) in [5.74, 6) is -0.623. The summed E-state index contributed by atoms with van der Waals surface area (Å²) in [5, 5.41) is 19.5. The van der Waals surface area contributed by atoms with Gasteiger partial charge in [0.2, 0.25) is 0 Å². The lowest BCUT2D eigenvalue weighted by Crippen LogP contribution is -2.20. The molecule has 0 amide bonds. The van der Waals surface area contributed by atoms with E-state index in [1.165, 1.54) is 25.1 Å². The highest BCUT2D eigenvalue weighted by Gasteiger charge is 2.41. The Balaban J connectivity index is 2.06. The van der Waals surface area contributed by atoms with Crippen LogP contribution in [-0.2, 0) is 0 Å². The zero-order chi connectivity index (χ0) is 11.6. The number of carboxylic acids is 1. The van der Waals surface area contributed by atoms with Crippen LogP contribution in [0.25, 0.3) is 0 Å². The first-order valence-corrected chi connectivity index (χ1v) is 6.23. The van der Waals surface area contributed by atoms with E-state index in [0.29, 0.717) is 5.82 Å². The summed E-state index contributed by atoms with van der Waals surface area (Å²) in [5.41, 5.74) is 0.173. The van der Waals surface area contributed by atoms with E-state index in [1.807, 2.05) is 11.8 Å². The molecule has 2 rings (SSSR count). The number of hydrogen-bond acceptors (Lipinski definition) is 5. The summed E-state index contributed by atoms with van der Waals surface area (Å²) in [6.45, 7) is 0.743. The molecular formula is C10H13N3O2S. The van der Waals surface area contributed by atoms with Gasteiger partial charge in [0.05, 0.1) is 6.20 Å². The van der Waals surface area contributed by atoms with Gasteiger partial charge < -0.3 is 10.4 Å². The fourth-order valence-electron chi connectivity index (χ4n) is 1.47. The number of nitrogens with one attached hydrogen (secondary N) is 1. The van der Waals surface area contributed by atoms with Gasteiger partial charge in [0.25, 0.3) is 0 Å². The van der Waals surface area contributed by atoms with Crippen LogP contribution in [0.3, 0.4) is 0 Å². The molecule has 1 fully saturated rings. The van der Waals surface area contributed by atoms with E-state index in [2.05, 4.69) is 21.8 Å². The fraction of sp³-hybridized carbons (Fsp3) is 0.500. The minimum absolute atomic E-state index is 0.173. The maximum Gasteiger partial charge on any atom is 0.339 e. The predicted octanol–water partition coefficient (Wildman–Crippen LogP) is 1.48. The van der Waals surface area contributed by atoms with Gasteiger partial charge in [-0.1, -0.05) is 0 Å². The average molecular weight is 239 g/mol. The Labute approximate surface area is 97.7 Å². The highest BCUT2D eigenvalue weighted by molar-refractivity contribution is 8.00. The van der Waals surface area contributed by atoms with E-state index in [4.69, 9.17) is 5.11 Å². The molecular weight excluding hydrogens is 226 g/mol. The van der Waals surface area contributed by atoms with Crippen LogP contribution in [-0.4, -0.2) is 38.8 Å². The average Bonchev–Trinajstić information content (AvgIpc) is 3.07. The van der Waals surface area contributed by atoms with Gasteiger partial charge in [0.1, 0.15) is 5.56 Å². The van der Waals surface area contributed by atoms with Crippen LogP contribution in [0, 0.1) is 0 Å². The van der Waals surface area contributed by atoms with Crippen molar-refractivity contribution in [1.82, 2.24) is 10.2 Å². The molecule has 0 unspecified atom stereocenters. The Morgan fingerprint density at radius 3 is 3.00 bits per heavy atom. The molecule has 0 atom stereocenters. The zero-order valence-corrected chi connectivity index (χ0v) is 9.75. The largest absolute Gasteiger partial charge is 0.478 e. The highest BCUT2D eigenvalue weighted by atomic mass is 32.2. The molecule has 0 spiro atoms. The maximum atomic E-state index is 10.9. The number of thioether (sulfide) groups is 1. The lowest BCUT2D eigenvalue weighted by Gasteiger charge is -2.13. The number of hydrogen-bond donors (Lipinski definition) is 2. The van der Waals surface area contributed by atoms with Gasteiger partial charge >= 0.3 is 5.97 Å². The van der Waals surface area contributed by atoms with Gasteiger partial charge in [-0.15, -0.1) is 5.10 Å². The second kappa shape index (κ2) is 4.29. The van der Waals surface area contributed by atoms with Crippen molar-refractivity contribution in [3.05, 3.63) is 17.8 Å². The molecule has 16 heavy (non-hydrogen) atoms. The molecule has 1 aliphatic carbocycles. The van der Waals surface area contributed by atoms with Crippen molar-refractivity contribution in [3.8, 4) is 0 Å². The van der Waals surface area contributed by atoms with E-state index in [-0.39, 0.29) is 10.3 Å². The summed E-state index contributed by atoms with van der Waals surface area (Å²) in [6, 6.07) is 1.45. The van der Waals surface area contributed by atoms with Crippen molar-refractivity contribution >= 4 is 23.5 Å². The molecule has 6 heteroatoms. The third-order valence-corrected chi connectivity index (χ3v) is 4.19. The van der Waals surface area contributed by atoms with Crippen molar-refractivity contribution in [2.75, 3.05) is 18.1 Å². The van der Waals surface area contributed by atoms with Crippen LogP contribution in [0.1, 0.15) is 23.2 Å². The third-order valence-electron chi connectivity index (χ3n) is 2.77. The van der Waals surface area contributed by atoms with Crippen LogP contribution in [0.4, 0.5) is 5.82 Å². The van der Waals surface area contributed by atoms with Gasteiger partial charge in [-0.2, -0.15) is 16.9 Å². The van der Waals surface area contributed by atoms with Crippen LogP contribution in [0.15, 0.2) is 12.3 Å². The SMILES string of the molecule is CSC1(CNc2nnccc2C(=O)O)CC1. The number of aromatic carboxylic acids is 1. The van der Waals surface area contributed by atoms with Crippen LogP contribution >= 0.6 is 11.8 Å². The Bertz CT molecular complexity index is 407.